The van der Waals surface area contributed by atoms with Gasteiger partial charge in [-0.25, -0.2) is 14.6 Å². The molecule has 3 amide bonds. The molecule has 0 saturated carbocycles. The number of nitrogens with one attached hydrogen (secondary N) is 2. The Morgan fingerprint density at radius 2 is 2.03 bits per heavy atom. The smallest absolute Gasteiger partial charge is 0.413 e. The van der Waals surface area contributed by atoms with Gasteiger partial charge in [0.25, 0.3) is 17.6 Å². The number of β-lactam (4-membered cyclic amide) rings is 1. The molecule has 2 aromatic rings. The molecule has 3 N–H and O–H groups in total. The largest absolute Gasteiger partial charge is 0.477 e. The molecule has 0 bridgehead atoms. The minimum Gasteiger partial charge on any atom is -0.477 e. The van der Waals surface area contributed by atoms with Crippen molar-refractivity contribution in [1.29, 1.82) is 0 Å². The Morgan fingerprint density at radius 1 is 1.28 bits per heavy atom. The Morgan fingerprint density at radius 3 is 2.67 bits per heavy atom. The van der Waals surface area contributed by atoms with E-state index >= 15 is 0 Å². The minimum absolute atomic E-state index is 0.0714. The molecule has 208 valence electrons. The van der Waals surface area contributed by atoms with E-state index in [2.05, 4.69) is 25.8 Å². The van der Waals surface area contributed by atoms with Crippen LogP contribution in [0.1, 0.15) is 42.7 Å². The zero-order valence-electron chi connectivity index (χ0n) is 21.2. The van der Waals surface area contributed by atoms with Gasteiger partial charge in [-0.15, -0.1) is 33.3 Å². The summed E-state index contributed by atoms with van der Waals surface area (Å²) in [6.07, 6.45) is -0.153. The third-order valence-corrected chi connectivity index (χ3v) is 9.94. The molecule has 1 saturated heterocycles. The lowest BCUT2D eigenvalue weighted by molar-refractivity contribution is -0.150. The van der Waals surface area contributed by atoms with Crippen molar-refractivity contribution in [1.82, 2.24) is 25.4 Å². The highest BCUT2D eigenvalue weighted by Gasteiger charge is 2.54. The molecule has 4 rings (SSSR count). The maximum Gasteiger partial charge on any atom is 0.413 e. The number of hydrogen-bond donors (Lipinski definition) is 3. The Labute approximate surface area is 239 Å². The van der Waals surface area contributed by atoms with Crippen LogP contribution in [0.4, 0.5) is 9.93 Å². The zero-order valence-corrected chi connectivity index (χ0v) is 24.4. The second kappa shape index (κ2) is 11.6. The van der Waals surface area contributed by atoms with E-state index < -0.39 is 46.7 Å². The standard InChI is InChI=1S/C22H24N6O7S4/c1-5-22(3,4)35-20(34)25-19-23-11(8-37-19)14(29)15(30)24-12-16(31)28-13(18(32)33)10(6-36-17(12)28)7-38-21-27-26-9(2)39-21/h8,12,17H,5-7H2,1-4H3,(H,24,30)(H,32,33)(H,23,25,34)/t12?,17-/m1/s1. The van der Waals surface area contributed by atoms with Gasteiger partial charge in [0.1, 0.15) is 33.4 Å². The molecule has 2 aromatic heterocycles. The molecule has 0 aromatic carbocycles. The van der Waals surface area contributed by atoms with Crippen LogP contribution in [0.5, 0.6) is 0 Å². The lowest BCUT2D eigenvalue weighted by atomic mass is 10.0. The van der Waals surface area contributed by atoms with Gasteiger partial charge in [0.05, 0.1) is 0 Å². The number of aliphatic carboxylic acids is 1. The molecule has 17 heteroatoms. The minimum atomic E-state index is -1.25. The summed E-state index contributed by atoms with van der Waals surface area (Å²) in [5.41, 5.74) is -0.463. The zero-order chi connectivity index (χ0) is 28.5. The number of ketones is 1. The Bertz CT molecular complexity index is 1370. The van der Waals surface area contributed by atoms with Gasteiger partial charge in [0.15, 0.2) is 9.47 Å². The number of anilines is 1. The quantitative estimate of drug-likeness (QED) is 0.155. The summed E-state index contributed by atoms with van der Waals surface area (Å²) < 4.78 is 5.96. The van der Waals surface area contributed by atoms with Crippen molar-refractivity contribution in [2.45, 2.75) is 55.5 Å². The first-order valence-electron chi connectivity index (χ1n) is 11.5. The first kappa shape index (κ1) is 29.0. The molecule has 0 aliphatic carbocycles. The van der Waals surface area contributed by atoms with Crippen LogP contribution in [0.3, 0.4) is 0 Å². The number of carbonyl (C=O) groups is 5. The van der Waals surface area contributed by atoms with Crippen LogP contribution in [0.15, 0.2) is 21.0 Å². The molecule has 13 nitrogen and oxygen atoms in total. The second-order valence-electron chi connectivity index (χ2n) is 8.99. The van der Waals surface area contributed by atoms with Gasteiger partial charge in [-0.3, -0.25) is 24.6 Å². The number of amides is 3. The molecule has 2 atom stereocenters. The fraction of sp³-hybridized carbons (Fsp3) is 0.455. The molecule has 2 aliphatic heterocycles. The number of fused-ring (bicyclic) bond motifs is 1. The molecule has 1 unspecified atom stereocenters. The van der Waals surface area contributed by atoms with Crippen molar-refractivity contribution in [2.24, 2.45) is 0 Å². The van der Waals surface area contributed by atoms with E-state index in [9.17, 15) is 29.1 Å². The van der Waals surface area contributed by atoms with Gasteiger partial charge in [0, 0.05) is 16.9 Å². The average Bonchev–Trinajstić information content (AvgIpc) is 3.52. The van der Waals surface area contributed by atoms with E-state index in [1.807, 2.05) is 13.8 Å². The predicted octanol–water partition coefficient (Wildman–Crippen LogP) is 2.75. The Kier molecular flexibility index (Phi) is 8.63. The number of Topliss-reactive ketones (excluding diaryl/α,β-unsaturated/α-hetero) is 1. The number of carbonyl (C=O) groups excluding carboxylic acids is 4. The molecule has 1 fully saturated rings. The van der Waals surface area contributed by atoms with Gasteiger partial charge in [-0.05, 0) is 32.8 Å². The van der Waals surface area contributed by atoms with Gasteiger partial charge in [0.2, 0.25) is 0 Å². The third kappa shape index (κ3) is 6.42. The van der Waals surface area contributed by atoms with E-state index in [4.69, 9.17) is 4.74 Å². The van der Waals surface area contributed by atoms with Crippen molar-refractivity contribution in [2.75, 3.05) is 16.8 Å². The SMILES string of the molecule is CCC(C)(C)OC(=O)Nc1nc(C(=O)C(=O)NC2C(=O)N3C(C(=O)O)=C(CSc4nnc(C)s4)CS[C@H]23)cs1. The topological polar surface area (TPSA) is 181 Å². The summed E-state index contributed by atoms with van der Waals surface area (Å²) in [4.78, 5) is 67.3. The van der Waals surface area contributed by atoms with Crippen LogP contribution < -0.4 is 10.6 Å². The first-order valence-corrected chi connectivity index (χ1v) is 15.3. The predicted molar refractivity (Wildman–Crippen MR) is 146 cm³/mol. The van der Waals surface area contributed by atoms with E-state index in [1.165, 1.54) is 40.2 Å². The number of thioether (sulfide) groups is 2. The third-order valence-electron chi connectivity index (χ3n) is 5.79. The average molecular weight is 613 g/mol. The first-order chi connectivity index (χ1) is 18.4. The van der Waals surface area contributed by atoms with Gasteiger partial charge in [-0.1, -0.05) is 30.0 Å². The molecule has 39 heavy (non-hydrogen) atoms. The van der Waals surface area contributed by atoms with E-state index in [0.29, 0.717) is 27.8 Å². The number of rotatable bonds is 10. The molecule has 0 spiro atoms. The fourth-order valence-electron chi connectivity index (χ4n) is 3.47. The van der Waals surface area contributed by atoms with Crippen molar-refractivity contribution in [3.63, 3.8) is 0 Å². The summed E-state index contributed by atoms with van der Waals surface area (Å²) in [6.45, 7) is 7.18. The highest BCUT2D eigenvalue weighted by atomic mass is 32.2. The normalized spacial score (nSPS) is 18.8. The van der Waals surface area contributed by atoms with Crippen molar-refractivity contribution >= 4 is 81.0 Å². The van der Waals surface area contributed by atoms with Gasteiger partial charge >= 0.3 is 12.1 Å². The number of nitrogens with zero attached hydrogens (tertiary/aromatic N) is 4. The monoisotopic (exact) mass is 612 g/mol. The number of carboxylic acid groups (broad SMARTS) is 1. The lowest BCUT2D eigenvalue weighted by Crippen LogP contribution is -2.71. The molecule has 0 radical (unpaired) electrons. The van der Waals surface area contributed by atoms with Crippen LogP contribution in [-0.4, -0.2) is 83.4 Å². The van der Waals surface area contributed by atoms with Crippen LogP contribution in [0, 0.1) is 6.92 Å². The molecular weight excluding hydrogens is 589 g/mol. The highest BCUT2D eigenvalue weighted by molar-refractivity contribution is 8.01. The van der Waals surface area contributed by atoms with Crippen LogP contribution in [0.25, 0.3) is 0 Å². The van der Waals surface area contributed by atoms with Crippen LogP contribution in [0.2, 0.25) is 0 Å². The summed E-state index contributed by atoms with van der Waals surface area (Å²) in [6, 6.07) is -1.07. The number of aromatic nitrogens is 3. The highest BCUT2D eigenvalue weighted by Crippen LogP contribution is 2.41. The summed E-state index contributed by atoms with van der Waals surface area (Å²) in [5, 5.41) is 24.1. The van der Waals surface area contributed by atoms with Crippen molar-refractivity contribution in [3.05, 3.63) is 27.4 Å². The second-order valence-corrected chi connectivity index (χ2v) is 13.4. The molecule has 4 heterocycles. The van der Waals surface area contributed by atoms with Crippen LogP contribution in [-0.2, 0) is 19.1 Å². The van der Waals surface area contributed by atoms with Gasteiger partial charge in [-0.2, -0.15) is 0 Å². The summed E-state index contributed by atoms with van der Waals surface area (Å²) in [5.74, 6) is -3.28. The summed E-state index contributed by atoms with van der Waals surface area (Å²) in [7, 11) is 0. The number of thiazole rings is 1. The van der Waals surface area contributed by atoms with Crippen LogP contribution >= 0.6 is 46.2 Å². The number of hydrogen-bond acceptors (Lipinski definition) is 13. The van der Waals surface area contributed by atoms with E-state index in [-0.39, 0.29) is 16.5 Å². The van der Waals surface area contributed by atoms with Crippen molar-refractivity contribution < 1.29 is 33.8 Å². The lowest BCUT2D eigenvalue weighted by Gasteiger charge is -2.49. The van der Waals surface area contributed by atoms with Gasteiger partial charge < -0.3 is 15.2 Å². The number of aryl methyl sites for hydroxylation is 1. The Balaban J connectivity index is 1.37. The maximum absolute atomic E-state index is 12.9. The number of carboxylic acids is 1. The van der Waals surface area contributed by atoms with E-state index in [1.54, 1.807) is 13.8 Å². The van der Waals surface area contributed by atoms with Crippen molar-refractivity contribution in [3.8, 4) is 0 Å². The number of ether oxygens (including phenoxy) is 1. The maximum atomic E-state index is 12.9. The molecular formula is C22H24N6O7S4. The fourth-order valence-corrected chi connectivity index (χ4v) is 7.45. The van der Waals surface area contributed by atoms with E-state index in [0.717, 1.165) is 21.2 Å². The summed E-state index contributed by atoms with van der Waals surface area (Å²) >= 11 is 4.96. The Hall–Kier alpha value is -3.02. The molecule has 2 aliphatic rings.